The molecule has 3 aromatic rings. The van der Waals surface area contributed by atoms with E-state index < -0.39 is 44.1 Å². The molecule has 4 rings (SSSR count). The molecule has 0 spiro atoms. The fourth-order valence-corrected chi connectivity index (χ4v) is 4.73. The van der Waals surface area contributed by atoms with Crippen molar-refractivity contribution in [1.82, 2.24) is 10.3 Å². The summed E-state index contributed by atoms with van der Waals surface area (Å²) in [5.74, 6) is -1.04. The number of urea groups is 1. The summed E-state index contributed by atoms with van der Waals surface area (Å²) >= 11 is 0. The number of aryl methyl sites for hydroxylation is 1. The second kappa shape index (κ2) is 7.84. The minimum atomic E-state index is -5.54. The standard InChI is InChI=1S/C22H18F3N3O4S/c1-12-4-3-5-17-18(12)16(10-11-26-17)13(2)19-20(29)28(21(30)27-19)14-6-8-15(9-7-14)33(31,32)22(23,24)25/h3-11,13,19H,1-2H3,(H,27,30). The summed E-state index contributed by atoms with van der Waals surface area (Å²) < 4.78 is 61.4. The number of sulfone groups is 1. The molecule has 2 aromatic carbocycles. The van der Waals surface area contributed by atoms with E-state index in [-0.39, 0.29) is 5.69 Å². The number of pyridine rings is 1. The van der Waals surface area contributed by atoms with Gasteiger partial charge in [0.15, 0.2) is 0 Å². The van der Waals surface area contributed by atoms with Crippen LogP contribution in [0.1, 0.15) is 24.0 Å². The predicted octanol–water partition coefficient (Wildman–Crippen LogP) is 4.07. The fourth-order valence-electron chi connectivity index (χ4n) is 3.97. The maximum Gasteiger partial charge on any atom is 0.501 e. The molecule has 1 fully saturated rings. The lowest BCUT2D eigenvalue weighted by Gasteiger charge is -2.20. The highest BCUT2D eigenvalue weighted by Crippen LogP contribution is 2.34. The normalized spacial score (nSPS) is 18.0. The van der Waals surface area contributed by atoms with Gasteiger partial charge in [0.25, 0.3) is 15.7 Å². The van der Waals surface area contributed by atoms with Gasteiger partial charge < -0.3 is 5.32 Å². The Labute approximate surface area is 187 Å². The molecule has 0 aliphatic carbocycles. The van der Waals surface area contributed by atoms with E-state index in [1.165, 1.54) is 0 Å². The number of imide groups is 1. The van der Waals surface area contributed by atoms with Crippen molar-refractivity contribution in [2.75, 3.05) is 4.90 Å². The van der Waals surface area contributed by atoms with Gasteiger partial charge in [0.05, 0.1) is 16.1 Å². The van der Waals surface area contributed by atoms with Gasteiger partial charge in [0, 0.05) is 17.5 Å². The van der Waals surface area contributed by atoms with E-state index in [0.717, 1.165) is 51.2 Å². The number of carbonyl (C=O) groups is 2. The van der Waals surface area contributed by atoms with E-state index in [2.05, 4.69) is 10.3 Å². The molecule has 3 amide bonds. The Morgan fingerprint density at radius 2 is 1.73 bits per heavy atom. The molecule has 0 radical (unpaired) electrons. The second-order valence-electron chi connectivity index (χ2n) is 7.70. The Morgan fingerprint density at radius 3 is 2.36 bits per heavy atom. The predicted molar refractivity (Wildman–Crippen MR) is 114 cm³/mol. The third-order valence-electron chi connectivity index (χ3n) is 5.68. The first-order valence-corrected chi connectivity index (χ1v) is 11.3. The largest absolute Gasteiger partial charge is 0.501 e. The third kappa shape index (κ3) is 3.71. The number of halogens is 3. The van der Waals surface area contributed by atoms with Gasteiger partial charge in [-0.3, -0.25) is 9.78 Å². The minimum Gasteiger partial charge on any atom is -0.325 e. The Kier molecular flexibility index (Phi) is 5.39. The van der Waals surface area contributed by atoms with Crippen molar-refractivity contribution in [3.8, 4) is 0 Å². The maximum absolute atomic E-state index is 13.1. The fraction of sp³-hybridized carbons (Fsp3) is 0.227. The Hall–Kier alpha value is -3.47. The first-order chi connectivity index (χ1) is 15.4. The van der Waals surface area contributed by atoms with Gasteiger partial charge in [-0.25, -0.2) is 18.1 Å². The molecule has 0 bridgehead atoms. The van der Waals surface area contributed by atoms with Crippen LogP contribution < -0.4 is 10.2 Å². The number of carbonyl (C=O) groups excluding carboxylic acids is 2. The van der Waals surface area contributed by atoms with Crippen molar-refractivity contribution < 1.29 is 31.2 Å². The summed E-state index contributed by atoms with van der Waals surface area (Å²) in [5.41, 5.74) is -2.98. The average Bonchev–Trinajstić information content (AvgIpc) is 3.06. The number of fused-ring (bicyclic) bond motifs is 1. The molecule has 11 heteroatoms. The van der Waals surface area contributed by atoms with Crippen LogP contribution in [-0.2, 0) is 14.6 Å². The number of nitrogens with zero attached hydrogens (tertiary/aromatic N) is 2. The summed E-state index contributed by atoms with van der Waals surface area (Å²) in [4.78, 5) is 29.9. The van der Waals surface area contributed by atoms with Gasteiger partial charge in [0.2, 0.25) is 0 Å². The number of alkyl halides is 3. The SMILES string of the molecule is Cc1cccc2nccc(C(C)C3NC(=O)N(c4ccc(S(=O)(=O)C(F)(F)F)cc4)C3=O)c12. The molecule has 2 heterocycles. The maximum atomic E-state index is 13.1. The van der Waals surface area contributed by atoms with Crippen molar-refractivity contribution in [1.29, 1.82) is 0 Å². The van der Waals surface area contributed by atoms with Crippen molar-refractivity contribution in [2.24, 2.45) is 0 Å². The number of amides is 3. The molecule has 33 heavy (non-hydrogen) atoms. The van der Waals surface area contributed by atoms with Gasteiger partial charge in [-0.05, 0) is 54.4 Å². The summed E-state index contributed by atoms with van der Waals surface area (Å²) in [6.45, 7) is 3.70. The highest BCUT2D eigenvalue weighted by Gasteiger charge is 2.47. The minimum absolute atomic E-state index is 0.0379. The van der Waals surface area contributed by atoms with Gasteiger partial charge in [-0.15, -0.1) is 0 Å². The molecule has 2 atom stereocenters. The van der Waals surface area contributed by atoms with Crippen molar-refractivity contribution >= 4 is 38.4 Å². The lowest BCUT2D eigenvalue weighted by Crippen LogP contribution is -2.35. The number of benzene rings is 2. The quantitative estimate of drug-likeness (QED) is 0.572. The molecular formula is C22H18F3N3O4S. The molecule has 1 saturated heterocycles. The van der Waals surface area contributed by atoms with Crippen LogP contribution in [0.15, 0.2) is 59.6 Å². The summed E-state index contributed by atoms with van der Waals surface area (Å²) in [6, 6.07) is 9.15. The van der Waals surface area contributed by atoms with Crippen LogP contribution in [0, 0.1) is 6.92 Å². The van der Waals surface area contributed by atoms with E-state index in [0.29, 0.717) is 0 Å². The Balaban J connectivity index is 1.65. The number of anilines is 1. The van der Waals surface area contributed by atoms with Crippen molar-refractivity contribution in [2.45, 2.75) is 36.2 Å². The molecular weight excluding hydrogens is 459 g/mol. The molecule has 2 unspecified atom stereocenters. The second-order valence-corrected chi connectivity index (χ2v) is 9.64. The summed E-state index contributed by atoms with van der Waals surface area (Å²) in [6.07, 6.45) is 1.62. The number of rotatable bonds is 4. The number of nitrogens with one attached hydrogen (secondary N) is 1. The van der Waals surface area contributed by atoms with Crippen LogP contribution in [0.3, 0.4) is 0 Å². The molecule has 1 aliphatic heterocycles. The Morgan fingerprint density at radius 1 is 1.06 bits per heavy atom. The van der Waals surface area contributed by atoms with Crippen LogP contribution in [0.25, 0.3) is 10.9 Å². The van der Waals surface area contributed by atoms with E-state index in [1.807, 2.05) is 25.1 Å². The van der Waals surface area contributed by atoms with E-state index >= 15 is 0 Å². The van der Waals surface area contributed by atoms with Gasteiger partial charge in [-0.2, -0.15) is 13.2 Å². The zero-order valence-corrected chi connectivity index (χ0v) is 18.2. The molecule has 7 nitrogen and oxygen atoms in total. The first kappa shape index (κ1) is 22.7. The van der Waals surface area contributed by atoms with Crippen LogP contribution >= 0.6 is 0 Å². The molecule has 1 aliphatic rings. The van der Waals surface area contributed by atoms with Crippen LogP contribution in [-0.4, -0.2) is 36.9 Å². The molecule has 0 saturated carbocycles. The average molecular weight is 477 g/mol. The lowest BCUT2D eigenvalue weighted by molar-refractivity contribution is -0.118. The van der Waals surface area contributed by atoms with E-state index in [1.54, 1.807) is 19.2 Å². The highest BCUT2D eigenvalue weighted by molar-refractivity contribution is 7.92. The first-order valence-electron chi connectivity index (χ1n) is 9.83. The summed E-state index contributed by atoms with van der Waals surface area (Å²) in [5, 5.41) is 3.49. The number of aromatic nitrogens is 1. The number of hydrogen-bond donors (Lipinski definition) is 1. The van der Waals surface area contributed by atoms with Crippen LogP contribution in [0.5, 0.6) is 0 Å². The van der Waals surface area contributed by atoms with Crippen LogP contribution in [0.4, 0.5) is 23.7 Å². The molecule has 172 valence electrons. The van der Waals surface area contributed by atoms with Gasteiger partial charge in [0.1, 0.15) is 6.04 Å². The topological polar surface area (TPSA) is 96.4 Å². The monoisotopic (exact) mass is 477 g/mol. The van der Waals surface area contributed by atoms with E-state index in [4.69, 9.17) is 0 Å². The smallest absolute Gasteiger partial charge is 0.325 e. The van der Waals surface area contributed by atoms with Gasteiger partial charge in [-0.1, -0.05) is 19.1 Å². The zero-order valence-electron chi connectivity index (χ0n) is 17.4. The van der Waals surface area contributed by atoms with Crippen molar-refractivity contribution in [3.63, 3.8) is 0 Å². The van der Waals surface area contributed by atoms with E-state index in [9.17, 15) is 31.2 Å². The summed E-state index contributed by atoms with van der Waals surface area (Å²) in [7, 11) is -5.54. The van der Waals surface area contributed by atoms with Crippen molar-refractivity contribution in [3.05, 3.63) is 65.9 Å². The van der Waals surface area contributed by atoms with Crippen LogP contribution in [0.2, 0.25) is 0 Å². The molecule has 1 aromatic heterocycles. The lowest BCUT2D eigenvalue weighted by atomic mass is 9.89. The molecule has 1 N–H and O–H groups in total. The Bertz CT molecular complexity index is 1370. The third-order valence-corrected chi connectivity index (χ3v) is 7.18. The number of hydrogen-bond acceptors (Lipinski definition) is 5. The van der Waals surface area contributed by atoms with Gasteiger partial charge >= 0.3 is 11.5 Å². The zero-order chi connectivity index (χ0) is 24.1. The highest BCUT2D eigenvalue weighted by atomic mass is 32.2.